The monoisotopic (exact) mass is 257 g/mol. The third-order valence-electron chi connectivity index (χ3n) is 1.66. The van der Waals surface area contributed by atoms with Gasteiger partial charge in [0.2, 0.25) is 0 Å². The lowest BCUT2D eigenvalue weighted by molar-refractivity contribution is 0.307. The highest BCUT2D eigenvalue weighted by molar-refractivity contribution is 9.10. The van der Waals surface area contributed by atoms with E-state index >= 15 is 0 Å². The molecule has 0 spiro atoms. The normalized spacial score (nSPS) is 9.57. The third kappa shape index (κ3) is 3.79. The van der Waals surface area contributed by atoms with Crippen molar-refractivity contribution in [1.29, 1.82) is 5.41 Å². The summed E-state index contributed by atoms with van der Waals surface area (Å²) in [6.07, 6.45) is 0.493. The lowest BCUT2D eigenvalue weighted by atomic mass is 10.3. The molecule has 0 aliphatic carbocycles. The Labute approximate surface area is 91.7 Å². The van der Waals surface area contributed by atoms with Gasteiger partial charge in [0.05, 0.1) is 20.1 Å². The molecular weight excluding hydrogens is 246 g/mol. The van der Waals surface area contributed by atoms with Crippen LogP contribution in [0.15, 0.2) is 28.7 Å². The first-order chi connectivity index (χ1) is 6.72. The minimum absolute atomic E-state index is 0.238. The zero-order chi connectivity index (χ0) is 10.4. The van der Waals surface area contributed by atoms with Gasteiger partial charge in [0.15, 0.2) is 5.90 Å². The van der Waals surface area contributed by atoms with Gasteiger partial charge in [-0.05, 0) is 24.3 Å². The van der Waals surface area contributed by atoms with Crippen molar-refractivity contribution in [2.75, 3.05) is 13.7 Å². The number of rotatable bonds is 4. The fourth-order valence-electron chi connectivity index (χ4n) is 0.894. The molecule has 1 N–H and O–H groups in total. The number of hydrogen-bond donors (Lipinski definition) is 1. The molecule has 0 aliphatic heterocycles. The zero-order valence-corrected chi connectivity index (χ0v) is 9.50. The van der Waals surface area contributed by atoms with Crippen LogP contribution in [-0.4, -0.2) is 19.6 Å². The Bertz CT molecular complexity index is 297. The molecule has 0 amide bonds. The van der Waals surface area contributed by atoms with Gasteiger partial charge in [-0.25, -0.2) is 0 Å². The minimum atomic E-state index is 0.238. The summed E-state index contributed by atoms with van der Waals surface area (Å²) in [6.45, 7) is 0.467. The van der Waals surface area contributed by atoms with E-state index in [4.69, 9.17) is 14.9 Å². The summed E-state index contributed by atoms with van der Waals surface area (Å²) in [7, 11) is 1.49. The van der Waals surface area contributed by atoms with Crippen LogP contribution in [0.3, 0.4) is 0 Å². The van der Waals surface area contributed by atoms with Gasteiger partial charge in [-0.1, -0.05) is 15.9 Å². The average Bonchev–Trinajstić information content (AvgIpc) is 2.21. The van der Waals surface area contributed by atoms with E-state index in [9.17, 15) is 0 Å². The molecule has 3 nitrogen and oxygen atoms in total. The summed E-state index contributed by atoms with van der Waals surface area (Å²) in [5.41, 5.74) is 0. The van der Waals surface area contributed by atoms with Crippen molar-refractivity contribution in [2.24, 2.45) is 0 Å². The summed E-state index contributed by atoms with van der Waals surface area (Å²) in [5, 5.41) is 7.23. The van der Waals surface area contributed by atoms with Gasteiger partial charge in [0.25, 0.3) is 0 Å². The lowest BCUT2D eigenvalue weighted by Gasteiger charge is -2.06. The molecule has 0 atom stereocenters. The highest BCUT2D eigenvalue weighted by atomic mass is 79.9. The van der Waals surface area contributed by atoms with Gasteiger partial charge in [-0.3, -0.25) is 5.41 Å². The van der Waals surface area contributed by atoms with Crippen molar-refractivity contribution in [3.63, 3.8) is 0 Å². The topological polar surface area (TPSA) is 42.3 Å². The first-order valence-electron chi connectivity index (χ1n) is 4.22. The SMILES string of the molecule is COC(=N)CCOc1ccc(Br)cc1. The number of methoxy groups -OCH3 is 1. The van der Waals surface area contributed by atoms with Crippen molar-refractivity contribution in [2.45, 2.75) is 6.42 Å². The molecule has 0 aliphatic rings. The molecule has 0 aromatic heterocycles. The smallest absolute Gasteiger partial charge is 0.183 e. The molecule has 0 fully saturated rings. The summed E-state index contributed by atoms with van der Waals surface area (Å²) in [5.74, 6) is 1.04. The summed E-state index contributed by atoms with van der Waals surface area (Å²) in [6, 6.07) is 7.58. The molecule has 1 aromatic rings. The van der Waals surface area contributed by atoms with E-state index in [2.05, 4.69) is 15.9 Å². The van der Waals surface area contributed by atoms with Gasteiger partial charge in [0.1, 0.15) is 5.75 Å². The van der Waals surface area contributed by atoms with Crippen molar-refractivity contribution in [3.05, 3.63) is 28.7 Å². The zero-order valence-electron chi connectivity index (χ0n) is 7.92. The first kappa shape index (κ1) is 11.0. The summed E-state index contributed by atoms with van der Waals surface area (Å²) >= 11 is 3.34. The largest absolute Gasteiger partial charge is 0.493 e. The standard InChI is InChI=1S/C10H12BrNO2/c1-13-10(12)6-7-14-9-4-2-8(11)3-5-9/h2-5,12H,6-7H2,1H3. The Hall–Kier alpha value is -1.03. The van der Waals surface area contributed by atoms with Crippen LogP contribution in [0.25, 0.3) is 0 Å². The molecule has 0 heterocycles. The molecule has 0 saturated heterocycles. The molecule has 76 valence electrons. The van der Waals surface area contributed by atoms with Crippen molar-refractivity contribution in [3.8, 4) is 5.75 Å². The molecule has 4 heteroatoms. The van der Waals surface area contributed by atoms with Gasteiger partial charge < -0.3 is 9.47 Å². The van der Waals surface area contributed by atoms with Crippen LogP contribution >= 0.6 is 15.9 Å². The second-order valence-corrected chi connectivity index (χ2v) is 3.60. The average molecular weight is 258 g/mol. The van der Waals surface area contributed by atoms with Crippen molar-refractivity contribution in [1.82, 2.24) is 0 Å². The summed E-state index contributed by atoms with van der Waals surface area (Å²) in [4.78, 5) is 0. The van der Waals surface area contributed by atoms with Crippen molar-refractivity contribution >= 4 is 21.8 Å². The van der Waals surface area contributed by atoms with E-state index in [0.29, 0.717) is 13.0 Å². The quantitative estimate of drug-likeness (QED) is 0.666. The van der Waals surface area contributed by atoms with Gasteiger partial charge >= 0.3 is 0 Å². The van der Waals surface area contributed by atoms with E-state index < -0.39 is 0 Å². The fraction of sp³-hybridized carbons (Fsp3) is 0.300. The van der Waals surface area contributed by atoms with Crippen LogP contribution < -0.4 is 4.74 Å². The van der Waals surface area contributed by atoms with E-state index in [1.54, 1.807) is 0 Å². The van der Waals surface area contributed by atoms with E-state index in [0.717, 1.165) is 10.2 Å². The predicted molar refractivity (Wildman–Crippen MR) is 59.0 cm³/mol. The first-order valence-corrected chi connectivity index (χ1v) is 5.01. The number of nitrogens with one attached hydrogen (secondary N) is 1. The molecule has 1 aromatic carbocycles. The maximum absolute atomic E-state index is 7.23. The number of ether oxygens (including phenoxy) is 2. The predicted octanol–water partition coefficient (Wildman–Crippen LogP) is 2.84. The van der Waals surface area contributed by atoms with Crippen LogP contribution in [-0.2, 0) is 4.74 Å². The van der Waals surface area contributed by atoms with Gasteiger partial charge in [-0.2, -0.15) is 0 Å². The van der Waals surface area contributed by atoms with Crippen LogP contribution in [0.2, 0.25) is 0 Å². The molecule has 0 bridgehead atoms. The molecule has 0 unspecified atom stereocenters. The Morgan fingerprint density at radius 3 is 2.57 bits per heavy atom. The Kier molecular flexibility index (Phi) is 4.46. The Morgan fingerprint density at radius 2 is 2.00 bits per heavy atom. The molecule has 1 rings (SSSR count). The van der Waals surface area contributed by atoms with Crippen LogP contribution in [0, 0.1) is 5.41 Å². The van der Waals surface area contributed by atoms with E-state index in [1.807, 2.05) is 24.3 Å². The van der Waals surface area contributed by atoms with Crippen LogP contribution in [0.1, 0.15) is 6.42 Å². The number of hydrogen-bond acceptors (Lipinski definition) is 3. The molecular formula is C10H12BrNO2. The van der Waals surface area contributed by atoms with Crippen LogP contribution in [0.5, 0.6) is 5.75 Å². The number of halogens is 1. The molecule has 0 radical (unpaired) electrons. The Morgan fingerprint density at radius 1 is 1.36 bits per heavy atom. The van der Waals surface area contributed by atoms with Gasteiger partial charge in [0, 0.05) is 4.47 Å². The highest BCUT2D eigenvalue weighted by Gasteiger charge is 1.97. The Balaban J connectivity index is 2.31. The maximum atomic E-state index is 7.23. The highest BCUT2D eigenvalue weighted by Crippen LogP contribution is 2.16. The second kappa shape index (κ2) is 5.65. The van der Waals surface area contributed by atoms with Crippen molar-refractivity contribution < 1.29 is 9.47 Å². The second-order valence-electron chi connectivity index (χ2n) is 2.68. The molecule has 0 saturated carbocycles. The minimum Gasteiger partial charge on any atom is -0.493 e. The van der Waals surface area contributed by atoms with Gasteiger partial charge in [-0.15, -0.1) is 0 Å². The van der Waals surface area contributed by atoms with E-state index in [1.165, 1.54) is 7.11 Å². The number of benzene rings is 1. The molecule has 14 heavy (non-hydrogen) atoms. The maximum Gasteiger partial charge on any atom is 0.183 e. The third-order valence-corrected chi connectivity index (χ3v) is 2.19. The van der Waals surface area contributed by atoms with Crippen LogP contribution in [0.4, 0.5) is 0 Å². The van der Waals surface area contributed by atoms with E-state index in [-0.39, 0.29) is 5.90 Å². The lowest BCUT2D eigenvalue weighted by Crippen LogP contribution is -2.06. The fourth-order valence-corrected chi connectivity index (χ4v) is 1.16. The summed E-state index contributed by atoms with van der Waals surface area (Å²) < 4.78 is 11.1.